The summed E-state index contributed by atoms with van der Waals surface area (Å²) in [5.74, 6) is -0.208. The number of nitrogens with one attached hydrogen (secondary N) is 1. The fourth-order valence-electron chi connectivity index (χ4n) is 3.17. The summed E-state index contributed by atoms with van der Waals surface area (Å²) in [5, 5.41) is 20.4. The number of aliphatic hydroxyl groups excluding tert-OH is 1. The molecule has 0 radical (unpaired) electrons. The number of carbonyl (C=O) groups is 1. The summed E-state index contributed by atoms with van der Waals surface area (Å²) in [4.78, 5) is 13.8. The van der Waals surface area contributed by atoms with Crippen molar-refractivity contribution in [2.24, 2.45) is 0 Å². The maximum Gasteiger partial charge on any atom is 0.312 e. The maximum absolute atomic E-state index is 11.9. The number of carbonyl (C=O) groups excluding carboxylic acids is 1. The molecule has 0 spiro atoms. The van der Waals surface area contributed by atoms with Crippen molar-refractivity contribution in [1.29, 1.82) is 0 Å². The molecule has 0 saturated carbocycles. The Morgan fingerprint density at radius 3 is 2.17 bits per heavy atom. The highest BCUT2D eigenvalue weighted by Gasteiger charge is 2.10. The number of unbranched alkanes of at least 4 members (excludes halogenated alkanes) is 8. The van der Waals surface area contributed by atoms with E-state index in [0.717, 1.165) is 38.6 Å². The average molecular weight is 411 g/mol. The Labute approximate surface area is 179 Å². The van der Waals surface area contributed by atoms with E-state index in [1.54, 1.807) is 0 Å². The molecule has 0 aliphatic carbocycles. The van der Waals surface area contributed by atoms with Gasteiger partial charge in [0.15, 0.2) is 0 Å². The zero-order chi connectivity index (χ0) is 21.6. The van der Waals surface area contributed by atoms with Gasteiger partial charge in [0.05, 0.1) is 19.6 Å². The Balaban J connectivity index is 3.46. The molecule has 1 atom stereocenters. The lowest BCUT2D eigenvalue weighted by atomic mass is 10.1. The summed E-state index contributed by atoms with van der Waals surface area (Å²) in [7, 11) is 1.91. The maximum atomic E-state index is 11.9. The monoisotopic (exact) mass is 410 g/mol. The van der Waals surface area contributed by atoms with E-state index in [1.807, 2.05) is 11.9 Å². The van der Waals surface area contributed by atoms with Crippen LogP contribution in [0.5, 0.6) is 0 Å². The van der Waals surface area contributed by atoms with Crippen LogP contribution in [-0.2, 0) is 4.79 Å². The number of hydrogen-bond acceptors (Lipinski definition) is 4. The number of aliphatic hydroxyl groups is 1. The van der Waals surface area contributed by atoms with Gasteiger partial charge in [0.2, 0.25) is 0 Å². The van der Waals surface area contributed by atoms with Gasteiger partial charge in [-0.1, -0.05) is 63.3 Å². The quantitative estimate of drug-likeness (QED) is 0.181. The summed E-state index contributed by atoms with van der Waals surface area (Å²) >= 11 is 0. The molecule has 5 nitrogen and oxygen atoms in total. The molecule has 0 aliphatic rings. The Kier molecular flexibility index (Phi) is 20.9. The van der Waals surface area contributed by atoms with Crippen LogP contribution in [0.3, 0.4) is 0 Å². The third-order valence-corrected chi connectivity index (χ3v) is 5.09. The minimum absolute atomic E-state index is 0.121. The molecule has 0 aromatic rings. The first-order valence-electron chi connectivity index (χ1n) is 11.8. The Bertz CT molecular complexity index is 424. The van der Waals surface area contributed by atoms with Gasteiger partial charge >= 0.3 is 5.91 Å². The summed E-state index contributed by atoms with van der Waals surface area (Å²) in [5.41, 5.74) is 0. The van der Waals surface area contributed by atoms with Gasteiger partial charge < -0.3 is 20.3 Å². The van der Waals surface area contributed by atoms with E-state index in [4.69, 9.17) is 5.11 Å². The number of amides is 1. The van der Waals surface area contributed by atoms with Gasteiger partial charge in [-0.25, -0.2) is 4.79 Å². The SMILES string of the molecule is CCCCC/C=C/C/C=C/CCCCCCCC(=O)[NH+]([O-])CCCN(C)CCO. The Hall–Kier alpha value is -1.01. The van der Waals surface area contributed by atoms with Crippen LogP contribution >= 0.6 is 0 Å². The molecule has 29 heavy (non-hydrogen) atoms. The van der Waals surface area contributed by atoms with Crippen molar-refractivity contribution >= 4 is 5.91 Å². The van der Waals surface area contributed by atoms with Gasteiger partial charge in [0.25, 0.3) is 0 Å². The summed E-state index contributed by atoms with van der Waals surface area (Å²) < 4.78 is 0. The van der Waals surface area contributed by atoms with Crippen LogP contribution in [0.2, 0.25) is 0 Å². The van der Waals surface area contributed by atoms with Crippen LogP contribution in [-0.4, -0.2) is 49.2 Å². The molecule has 1 amide bonds. The first kappa shape index (κ1) is 28.0. The second kappa shape index (κ2) is 21.7. The molecule has 0 heterocycles. The number of allylic oxidation sites excluding steroid dienone is 4. The molecule has 1 unspecified atom stereocenters. The molecule has 0 aromatic heterocycles. The molecule has 0 fully saturated rings. The molecule has 170 valence electrons. The lowest BCUT2D eigenvalue weighted by molar-refractivity contribution is -0.765. The van der Waals surface area contributed by atoms with Gasteiger partial charge in [0.1, 0.15) is 0 Å². The van der Waals surface area contributed by atoms with Crippen molar-refractivity contribution in [3.8, 4) is 0 Å². The smallest absolute Gasteiger partial charge is 0.312 e. The molecular formula is C24H46N2O3. The average Bonchev–Trinajstić information content (AvgIpc) is 2.70. The fraction of sp³-hybridized carbons (Fsp3) is 0.792. The number of hydroxylamine groups is 2. The second-order valence-electron chi connectivity index (χ2n) is 7.96. The first-order valence-corrected chi connectivity index (χ1v) is 11.8. The normalized spacial score (nSPS) is 13.1. The first-order chi connectivity index (χ1) is 14.1. The van der Waals surface area contributed by atoms with E-state index in [-0.39, 0.29) is 17.6 Å². The zero-order valence-electron chi connectivity index (χ0n) is 19.0. The van der Waals surface area contributed by atoms with Crippen LogP contribution in [0.15, 0.2) is 24.3 Å². The van der Waals surface area contributed by atoms with Crippen LogP contribution in [0, 0.1) is 5.21 Å². The number of nitrogens with zero attached hydrogens (tertiary/aromatic N) is 1. The lowest BCUT2D eigenvalue weighted by Gasteiger charge is -2.21. The van der Waals surface area contributed by atoms with E-state index < -0.39 is 0 Å². The van der Waals surface area contributed by atoms with Gasteiger partial charge in [-0.05, 0) is 45.6 Å². The third kappa shape index (κ3) is 20.1. The number of likely N-dealkylation sites (N-methyl/N-ethyl adjacent to an activating group) is 1. The Morgan fingerprint density at radius 1 is 0.897 bits per heavy atom. The molecule has 0 bridgehead atoms. The van der Waals surface area contributed by atoms with E-state index >= 15 is 0 Å². The van der Waals surface area contributed by atoms with Crippen molar-refractivity contribution in [3.63, 3.8) is 0 Å². The predicted octanol–water partition coefficient (Wildman–Crippen LogP) is 4.02. The lowest BCUT2D eigenvalue weighted by Crippen LogP contribution is -3.10. The van der Waals surface area contributed by atoms with E-state index in [9.17, 15) is 10.0 Å². The molecule has 0 aromatic carbocycles. The topological polar surface area (TPSA) is 68.0 Å². The van der Waals surface area contributed by atoms with Crippen LogP contribution < -0.4 is 5.06 Å². The molecule has 5 heteroatoms. The van der Waals surface area contributed by atoms with Gasteiger partial charge in [-0.2, -0.15) is 0 Å². The molecule has 0 aliphatic heterocycles. The van der Waals surface area contributed by atoms with Crippen LogP contribution in [0.4, 0.5) is 0 Å². The molecular weight excluding hydrogens is 364 g/mol. The molecule has 0 saturated heterocycles. The zero-order valence-corrected chi connectivity index (χ0v) is 19.0. The number of hydrogen-bond donors (Lipinski definition) is 2. The predicted molar refractivity (Wildman–Crippen MR) is 123 cm³/mol. The van der Waals surface area contributed by atoms with Gasteiger partial charge in [-0.3, -0.25) is 0 Å². The Morgan fingerprint density at radius 2 is 1.52 bits per heavy atom. The third-order valence-electron chi connectivity index (χ3n) is 5.09. The van der Waals surface area contributed by atoms with Crippen molar-refractivity contribution in [2.45, 2.75) is 90.4 Å². The number of quaternary nitrogens is 1. The minimum Gasteiger partial charge on any atom is -0.627 e. The highest BCUT2D eigenvalue weighted by atomic mass is 16.5. The molecule has 2 N–H and O–H groups in total. The summed E-state index contributed by atoms with van der Waals surface area (Å²) in [6.45, 7) is 4.03. The summed E-state index contributed by atoms with van der Waals surface area (Å²) in [6.07, 6.45) is 22.8. The second-order valence-corrected chi connectivity index (χ2v) is 7.96. The van der Waals surface area contributed by atoms with E-state index in [1.165, 1.54) is 38.5 Å². The van der Waals surface area contributed by atoms with Crippen molar-refractivity contribution in [1.82, 2.24) is 4.90 Å². The number of rotatable bonds is 20. The summed E-state index contributed by atoms with van der Waals surface area (Å²) in [6, 6.07) is 0. The largest absolute Gasteiger partial charge is 0.627 e. The van der Waals surface area contributed by atoms with Crippen molar-refractivity contribution < 1.29 is 15.0 Å². The minimum atomic E-state index is -0.230. The van der Waals surface area contributed by atoms with E-state index in [2.05, 4.69) is 31.2 Å². The van der Waals surface area contributed by atoms with Crippen LogP contribution in [0.1, 0.15) is 90.4 Å². The van der Waals surface area contributed by atoms with Gasteiger partial charge in [0, 0.05) is 19.5 Å². The van der Waals surface area contributed by atoms with E-state index in [0.29, 0.717) is 25.9 Å². The van der Waals surface area contributed by atoms with Crippen LogP contribution in [0.25, 0.3) is 0 Å². The fourth-order valence-corrected chi connectivity index (χ4v) is 3.17. The van der Waals surface area contributed by atoms with Crippen molar-refractivity contribution in [2.75, 3.05) is 33.3 Å². The van der Waals surface area contributed by atoms with Crippen molar-refractivity contribution in [3.05, 3.63) is 29.5 Å². The van der Waals surface area contributed by atoms with Gasteiger partial charge in [-0.15, -0.1) is 0 Å². The standard InChI is InChI=1S/C24H46N2O3/c1-3-4-5-6-7-8-9-10-11-12-13-14-15-16-17-19-24(28)26(29)21-18-20-25(2)22-23-27/h7-8,10-11,26-27H,3-6,9,12-23H2,1-2H3/b8-7+,11-10+. The highest BCUT2D eigenvalue weighted by Crippen LogP contribution is 2.08. The molecule has 0 rings (SSSR count). The highest BCUT2D eigenvalue weighted by molar-refractivity contribution is 5.66.